The van der Waals surface area contributed by atoms with Gasteiger partial charge in [-0.15, -0.1) is 0 Å². The standard InChI is InChI=1S/C9H21N3/c1-5-8(9(10)11)12(6-2)7(3)4/h7-8H,5-6H2,1-4H3,(H3,10,11). The molecule has 0 aliphatic carbocycles. The van der Waals surface area contributed by atoms with E-state index in [9.17, 15) is 0 Å². The van der Waals surface area contributed by atoms with Gasteiger partial charge in [-0.05, 0) is 26.8 Å². The Kier molecular flexibility index (Phi) is 4.90. The molecule has 0 amide bonds. The van der Waals surface area contributed by atoms with Crippen molar-refractivity contribution in [3.05, 3.63) is 0 Å². The van der Waals surface area contributed by atoms with Crippen molar-refractivity contribution in [3.8, 4) is 0 Å². The quantitative estimate of drug-likeness (QED) is 0.485. The summed E-state index contributed by atoms with van der Waals surface area (Å²) in [6, 6.07) is 0.582. The molecule has 0 aromatic rings. The van der Waals surface area contributed by atoms with E-state index in [1.54, 1.807) is 0 Å². The first-order valence-corrected chi connectivity index (χ1v) is 4.64. The van der Waals surface area contributed by atoms with Crippen molar-refractivity contribution in [1.29, 1.82) is 5.41 Å². The number of hydrogen-bond donors (Lipinski definition) is 2. The van der Waals surface area contributed by atoms with Crippen LogP contribution in [0.4, 0.5) is 0 Å². The van der Waals surface area contributed by atoms with Gasteiger partial charge >= 0.3 is 0 Å². The summed E-state index contributed by atoms with van der Waals surface area (Å²) in [5.41, 5.74) is 5.50. The predicted molar refractivity (Wildman–Crippen MR) is 53.5 cm³/mol. The molecule has 0 aliphatic rings. The fourth-order valence-corrected chi connectivity index (χ4v) is 1.58. The lowest BCUT2D eigenvalue weighted by Crippen LogP contribution is -2.47. The molecule has 1 atom stereocenters. The summed E-state index contributed by atoms with van der Waals surface area (Å²) < 4.78 is 0. The molecule has 12 heavy (non-hydrogen) atoms. The summed E-state index contributed by atoms with van der Waals surface area (Å²) in [6.45, 7) is 9.39. The van der Waals surface area contributed by atoms with Gasteiger partial charge < -0.3 is 5.73 Å². The fourth-order valence-electron chi connectivity index (χ4n) is 1.58. The van der Waals surface area contributed by atoms with Crippen LogP contribution in [0.3, 0.4) is 0 Å². The number of nitrogens with zero attached hydrogens (tertiary/aromatic N) is 1. The average Bonchev–Trinajstić information content (AvgIpc) is 1.98. The maximum absolute atomic E-state index is 7.41. The van der Waals surface area contributed by atoms with Crippen molar-refractivity contribution in [1.82, 2.24) is 4.90 Å². The van der Waals surface area contributed by atoms with E-state index in [0.29, 0.717) is 6.04 Å². The molecule has 3 heteroatoms. The second kappa shape index (κ2) is 5.14. The molecule has 0 saturated carbocycles. The SMILES string of the molecule is CCC(C(=N)N)N(CC)C(C)C. The Bertz CT molecular complexity index is 143. The monoisotopic (exact) mass is 171 g/mol. The zero-order valence-corrected chi connectivity index (χ0v) is 8.59. The van der Waals surface area contributed by atoms with Crippen LogP contribution in [0.15, 0.2) is 0 Å². The lowest BCUT2D eigenvalue weighted by atomic mass is 10.1. The lowest BCUT2D eigenvalue weighted by molar-refractivity contribution is 0.198. The third kappa shape index (κ3) is 2.81. The fraction of sp³-hybridized carbons (Fsp3) is 0.889. The topological polar surface area (TPSA) is 53.1 Å². The molecule has 0 aliphatic heterocycles. The van der Waals surface area contributed by atoms with Crippen LogP contribution < -0.4 is 5.73 Å². The normalized spacial score (nSPS) is 13.8. The van der Waals surface area contributed by atoms with E-state index < -0.39 is 0 Å². The third-order valence-electron chi connectivity index (χ3n) is 2.17. The van der Waals surface area contributed by atoms with Crippen molar-refractivity contribution in [2.24, 2.45) is 5.73 Å². The Labute approximate surface area is 75.4 Å². The minimum Gasteiger partial charge on any atom is -0.386 e. The van der Waals surface area contributed by atoms with Crippen molar-refractivity contribution in [2.45, 2.75) is 46.2 Å². The van der Waals surface area contributed by atoms with Crippen LogP contribution in [-0.4, -0.2) is 29.4 Å². The number of rotatable bonds is 5. The molecule has 0 radical (unpaired) electrons. The van der Waals surface area contributed by atoms with Gasteiger partial charge in [-0.3, -0.25) is 10.3 Å². The average molecular weight is 171 g/mol. The van der Waals surface area contributed by atoms with Gasteiger partial charge in [0, 0.05) is 6.04 Å². The summed E-state index contributed by atoms with van der Waals surface area (Å²) in [5.74, 6) is 0.285. The van der Waals surface area contributed by atoms with Gasteiger partial charge in [0.25, 0.3) is 0 Å². The van der Waals surface area contributed by atoms with Gasteiger partial charge in [0.15, 0.2) is 0 Å². The number of nitrogens with one attached hydrogen (secondary N) is 1. The molecule has 1 unspecified atom stereocenters. The summed E-state index contributed by atoms with van der Waals surface area (Å²) in [7, 11) is 0. The van der Waals surface area contributed by atoms with E-state index in [1.807, 2.05) is 0 Å². The Hall–Kier alpha value is -0.570. The van der Waals surface area contributed by atoms with Crippen LogP contribution in [0.25, 0.3) is 0 Å². The first-order chi connectivity index (χ1) is 5.54. The summed E-state index contributed by atoms with van der Waals surface area (Å²) in [4.78, 5) is 2.24. The number of likely N-dealkylation sites (N-methyl/N-ethyl adjacent to an activating group) is 1. The molecule has 3 N–H and O–H groups in total. The highest BCUT2D eigenvalue weighted by Crippen LogP contribution is 2.07. The third-order valence-corrected chi connectivity index (χ3v) is 2.17. The molecule has 0 heterocycles. The Morgan fingerprint density at radius 2 is 1.92 bits per heavy atom. The summed E-state index contributed by atoms with van der Waals surface area (Å²) in [6.07, 6.45) is 0.918. The highest BCUT2D eigenvalue weighted by atomic mass is 15.2. The van der Waals surface area contributed by atoms with E-state index in [-0.39, 0.29) is 11.9 Å². The minimum atomic E-state index is 0.120. The molecular weight excluding hydrogens is 150 g/mol. The molecule has 0 fully saturated rings. The zero-order valence-electron chi connectivity index (χ0n) is 8.59. The molecule has 0 rings (SSSR count). The largest absolute Gasteiger partial charge is 0.386 e. The van der Waals surface area contributed by atoms with Crippen LogP contribution >= 0.6 is 0 Å². The molecule has 0 saturated heterocycles. The zero-order chi connectivity index (χ0) is 9.72. The molecule has 3 nitrogen and oxygen atoms in total. The number of nitrogens with two attached hydrogens (primary N) is 1. The van der Waals surface area contributed by atoms with Gasteiger partial charge in [0.05, 0.1) is 6.04 Å². The van der Waals surface area contributed by atoms with E-state index in [1.165, 1.54) is 0 Å². The van der Waals surface area contributed by atoms with Crippen LogP contribution in [0.5, 0.6) is 0 Å². The van der Waals surface area contributed by atoms with Gasteiger partial charge in [-0.25, -0.2) is 0 Å². The van der Waals surface area contributed by atoms with Gasteiger partial charge in [0.1, 0.15) is 5.84 Å². The molecular formula is C9H21N3. The van der Waals surface area contributed by atoms with Crippen LogP contribution in [0, 0.1) is 5.41 Å². The lowest BCUT2D eigenvalue weighted by Gasteiger charge is -2.32. The van der Waals surface area contributed by atoms with Crippen LogP contribution in [-0.2, 0) is 0 Å². The van der Waals surface area contributed by atoms with E-state index in [2.05, 4.69) is 32.6 Å². The number of hydrogen-bond acceptors (Lipinski definition) is 2. The highest BCUT2D eigenvalue weighted by Gasteiger charge is 2.19. The van der Waals surface area contributed by atoms with E-state index >= 15 is 0 Å². The number of amidine groups is 1. The van der Waals surface area contributed by atoms with Crippen molar-refractivity contribution >= 4 is 5.84 Å². The Morgan fingerprint density at radius 1 is 1.42 bits per heavy atom. The summed E-state index contributed by atoms with van der Waals surface area (Å²) >= 11 is 0. The molecule has 0 aromatic carbocycles. The first-order valence-electron chi connectivity index (χ1n) is 4.64. The van der Waals surface area contributed by atoms with Crippen LogP contribution in [0.2, 0.25) is 0 Å². The smallest absolute Gasteiger partial charge is 0.108 e. The Balaban J connectivity index is 4.33. The minimum absolute atomic E-state index is 0.120. The van der Waals surface area contributed by atoms with E-state index in [4.69, 9.17) is 11.1 Å². The van der Waals surface area contributed by atoms with Crippen molar-refractivity contribution in [3.63, 3.8) is 0 Å². The Morgan fingerprint density at radius 3 is 2.00 bits per heavy atom. The van der Waals surface area contributed by atoms with Crippen molar-refractivity contribution < 1.29 is 0 Å². The molecule has 0 bridgehead atoms. The predicted octanol–water partition coefficient (Wildman–Crippen LogP) is 1.43. The maximum Gasteiger partial charge on any atom is 0.108 e. The first kappa shape index (κ1) is 11.4. The molecule has 0 aromatic heterocycles. The molecule has 72 valence electrons. The highest BCUT2D eigenvalue weighted by molar-refractivity contribution is 5.82. The van der Waals surface area contributed by atoms with Crippen molar-refractivity contribution in [2.75, 3.05) is 6.54 Å². The summed E-state index contributed by atoms with van der Waals surface area (Å²) in [5, 5.41) is 7.41. The molecule has 0 spiro atoms. The van der Waals surface area contributed by atoms with Crippen LogP contribution in [0.1, 0.15) is 34.1 Å². The van der Waals surface area contributed by atoms with E-state index in [0.717, 1.165) is 13.0 Å². The van der Waals surface area contributed by atoms with Gasteiger partial charge in [-0.2, -0.15) is 0 Å². The van der Waals surface area contributed by atoms with Gasteiger partial charge in [-0.1, -0.05) is 13.8 Å². The second-order valence-electron chi connectivity index (χ2n) is 3.30. The maximum atomic E-state index is 7.41. The van der Waals surface area contributed by atoms with Gasteiger partial charge in [0.2, 0.25) is 0 Å². The second-order valence-corrected chi connectivity index (χ2v) is 3.30.